The minimum Gasteiger partial charge on any atom is -0.395 e. The van der Waals surface area contributed by atoms with Gasteiger partial charge in [0, 0.05) is 0 Å². The van der Waals surface area contributed by atoms with Crippen LogP contribution in [0.5, 0.6) is 0 Å². The average molecular weight is 226 g/mol. The van der Waals surface area contributed by atoms with E-state index in [1.165, 1.54) is 6.21 Å². The zero-order valence-electron chi connectivity index (χ0n) is 6.27. The largest absolute Gasteiger partial charge is 0.395 e. The highest BCUT2D eigenvalue weighted by Gasteiger charge is 2.00. The molecule has 0 aromatic rings. The second-order valence-electron chi connectivity index (χ2n) is 2.07. The first kappa shape index (κ1) is 10.9. The number of nitrogens with zero attached hydrogens (tertiary/aromatic N) is 1. The number of alkyl halides is 1. The number of hydrogen-bond acceptors (Lipinski definition) is 4. The molecule has 66 valence electrons. The molecule has 0 bridgehead atoms. The maximum Gasteiger partial charge on any atom is 0.131 e. The summed E-state index contributed by atoms with van der Waals surface area (Å²) < 4.78 is 0. The van der Waals surface area contributed by atoms with Crippen molar-refractivity contribution in [2.24, 2.45) is 5.16 Å². The van der Waals surface area contributed by atoms with Gasteiger partial charge in [-0.05, 0) is 6.92 Å². The summed E-state index contributed by atoms with van der Waals surface area (Å²) in [6.45, 7) is 1.87. The van der Waals surface area contributed by atoms with Gasteiger partial charge in [-0.1, -0.05) is 21.1 Å². The van der Waals surface area contributed by atoms with Crippen LogP contribution in [0.3, 0.4) is 0 Å². The summed E-state index contributed by atoms with van der Waals surface area (Å²) in [7, 11) is 0. The highest BCUT2D eigenvalue weighted by atomic mass is 79.9. The van der Waals surface area contributed by atoms with Crippen LogP contribution < -0.4 is 0 Å². The Balaban J connectivity index is 3.26. The number of hydrogen-bond donors (Lipinski definition) is 2. The molecular formula is C6H12BrNO3. The molecule has 0 saturated heterocycles. The van der Waals surface area contributed by atoms with Gasteiger partial charge in [0.1, 0.15) is 6.61 Å². The summed E-state index contributed by atoms with van der Waals surface area (Å²) in [4.78, 5) is 4.60. The Hall–Kier alpha value is -0.130. The van der Waals surface area contributed by atoms with E-state index in [2.05, 4.69) is 21.1 Å². The zero-order chi connectivity index (χ0) is 8.69. The van der Waals surface area contributed by atoms with Crippen LogP contribution >= 0.6 is 15.9 Å². The summed E-state index contributed by atoms with van der Waals surface area (Å²) in [6, 6.07) is 0. The third kappa shape index (κ3) is 7.77. The van der Waals surface area contributed by atoms with E-state index < -0.39 is 6.10 Å². The fourth-order valence-electron chi connectivity index (χ4n) is 0.308. The van der Waals surface area contributed by atoms with Crippen molar-refractivity contribution in [3.05, 3.63) is 0 Å². The summed E-state index contributed by atoms with van der Waals surface area (Å²) in [5.41, 5.74) is 0. The van der Waals surface area contributed by atoms with Crippen molar-refractivity contribution in [1.29, 1.82) is 0 Å². The summed E-state index contributed by atoms with van der Waals surface area (Å²) in [6.07, 6.45) is 0.676. The summed E-state index contributed by atoms with van der Waals surface area (Å²) in [5, 5.41) is 20.6. The lowest BCUT2D eigenvalue weighted by molar-refractivity contribution is 0.128. The Bertz CT molecular complexity index is 118. The Kier molecular flexibility index (Phi) is 6.49. The van der Waals surface area contributed by atoms with Crippen LogP contribution in [0.25, 0.3) is 0 Å². The van der Waals surface area contributed by atoms with Crippen molar-refractivity contribution in [3.8, 4) is 0 Å². The molecule has 0 aliphatic rings. The van der Waals surface area contributed by atoms with Gasteiger partial charge in [0.25, 0.3) is 0 Å². The normalized spacial score (nSPS) is 16.7. The van der Waals surface area contributed by atoms with E-state index >= 15 is 0 Å². The van der Waals surface area contributed by atoms with E-state index in [0.29, 0.717) is 6.61 Å². The maximum absolute atomic E-state index is 8.68. The van der Waals surface area contributed by atoms with Gasteiger partial charge >= 0.3 is 0 Å². The number of aliphatic hydroxyl groups is 2. The van der Waals surface area contributed by atoms with Gasteiger partial charge in [0.15, 0.2) is 0 Å². The first-order chi connectivity index (χ1) is 5.16. The fourth-order valence-corrected chi connectivity index (χ4v) is 0.426. The van der Waals surface area contributed by atoms with Crippen LogP contribution in [0.15, 0.2) is 5.16 Å². The highest BCUT2D eigenvalue weighted by molar-refractivity contribution is 9.09. The summed E-state index contributed by atoms with van der Waals surface area (Å²) in [5.74, 6) is 0. The Morgan fingerprint density at radius 1 is 1.73 bits per heavy atom. The van der Waals surface area contributed by atoms with E-state index in [1.807, 2.05) is 0 Å². The molecule has 0 aromatic heterocycles. The van der Waals surface area contributed by atoms with E-state index in [4.69, 9.17) is 15.1 Å². The predicted octanol–water partition coefficient (Wildman–Crippen LogP) is 0.125. The van der Waals surface area contributed by atoms with E-state index in [-0.39, 0.29) is 11.4 Å². The first-order valence-electron chi connectivity index (χ1n) is 3.25. The van der Waals surface area contributed by atoms with Gasteiger partial charge in [-0.3, -0.25) is 0 Å². The Labute approximate surface area is 74.0 Å². The SMILES string of the molecule is CC(O)/C=N/OCC(Br)CO. The van der Waals surface area contributed by atoms with Crippen molar-refractivity contribution in [1.82, 2.24) is 0 Å². The second kappa shape index (κ2) is 6.57. The van der Waals surface area contributed by atoms with Gasteiger partial charge < -0.3 is 15.1 Å². The predicted molar refractivity (Wildman–Crippen MR) is 45.9 cm³/mol. The van der Waals surface area contributed by atoms with Crippen molar-refractivity contribution < 1.29 is 15.1 Å². The molecule has 0 aliphatic heterocycles. The molecule has 0 rings (SSSR count). The molecule has 2 atom stereocenters. The molecule has 5 heteroatoms. The monoisotopic (exact) mass is 225 g/mol. The number of rotatable bonds is 5. The molecule has 0 spiro atoms. The molecule has 0 saturated carbocycles. The molecule has 0 heterocycles. The van der Waals surface area contributed by atoms with Crippen molar-refractivity contribution in [3.63, 3.8) is 0 Å². The van der Waals surface area contributed by atoms with Crippen molar-refractivity contribution >= 4 is 22.1 Å². The molecule has 0 aromatic carbocycles. The minimum absolute atomic E-state index is 0.00417. The van der Waals surface area contributed by atoms with Crippen LogP contribution in [0.4, 0.5) is 0 Å². The van der Waals surface area contributed by atoms with Gasteiger partial charge in [-0.2, -0.15) is 0 Å². The lowest BCUT2D eigenvalue weighted by Gasteiger charge is -2.02. The fraction of sp³-hybridized carbons (Fsp3) is 0.833. The van der Waals surface area contributed by atoms with Crippen molar-refractivity contribution in [2.45, 2.75) is 17.9 Å². The standard InChI is InChI=1S/C6H12BrNO3/c1-5(10)2-8-11-4-6(7)3-9/h2,5-6,9-10H,3-4H2,1H3/b8-2+. The smallest absolute Gasteiger partial charge is 0.131 e. The molecule has 0 radical (unpaired) electrons. The Morgan fingerprint density at radius 2 is 2.36 bits per heavy atom. The van der Waals surface area contributed by atoms with Gasteiger partial charge in [0.05, 0.1) is 23.8 Å². The minimum atomic E-state index is -0.599. The van der Waals surface area contributed by atoms with Gasteiger partial charge in [-0.25, -0.2) is 0 Å². The second-order valence-corrected chi connectivity index (χ2v) is 3.37. The van der Waals surface area contributed by atoms with E-state index in [0.717, 1.165) is 0 Å². The van der Waals surface area contributed by atoms with E-state index in [9.17, 15) is 0 Å². The molecule has 2 N–H and O–H groups in total. The average Bonchev–Trinajstić information content (AvgIpc) is 1.97. The zero-order valence-corrected chi connectivity index (χ0v) is 7.86. The first-order valence-corrected chi connectivity index (χ1v) is 4.16. The number of aliphatic hydroxyl groups excluding tert-OH is 2. The topological polar surface area (TPSA) is 62.1 Å². The third-order valence-corrected chi connectivity index (χ3v) is 1.36. The van der Waals surface area contributed by atoms with Crippen LogP contribution in [-0.2, 0) is 4.84 Å². The third-order valence-electron chi connectivity index (χ3n) is 0.805. The molecule has 0 fully saturated rings. The quantitative estimate of drug-likeness (QED) is 0.397. The van der Waals surface area contributed by atoms with Gasteiger partial charge in [0.2, 0.25) is 0 Å². The number of oxime groups is 1. The van der Waals surface area contributed by atoms with E-state index in [1.54, 1.807) is 6.92 Å². The maximum atomic E-state index is 8.68. The molecule has 0 aliphatic carbocycles. The molecule has 11 heavy (non-hydrogen) atoms. The lowest BCUT2D eigenvalue weighted by atomic mass is 10.5. The summed E-state index contributed by atoms with van der Waals surface area (Å²) >= 11 is 3.13. The lowest BCUT2D eigenvalue weighted by Crippen LogP contribution is -2.11. The molecule has 4 nitrogen and oxygen atoms in total. The highest BCUT2D eigenvalue weighted by Crippen LogP contribution is 1.97. The number of halogens is 1. The van der Waals surface area contributed by atoms with Crippen LogP contribution in [0, 0.1) is 0 Å². The van der Waals surface area contributed by atoms with Crippen LogP contribution in [-0.4, -0.2) is 40.6 Å². The van der Waals surface area contributed by atoms with Crippen molar-refractivity contribution in [2.75, 3.05) is 13.2 Å². The van der Waals surface area contributed by atoms with Crippen LogP contribution in [0.2, 0.25) is 0 Å². The molecule has 0 amide bonds. The van der Waals surface area contributed by atoms with Crippen LogP contribution in [0.1, 0.15) is 6.92 Å². The van der Waals surface area contributed by atoms with Gasteiger partial charge in [-0.15, -0.1) is 0 Å². The molecular weight excluding hydrogens is 214 g/mol. The molecule has 2 unspecified atom stereocenters. The Morgan fingerprint density at radius 3 is 2.82 bits per heavy atom.